The lowest BCUT2D eigenvalue weighted by molar-refractivity contribution is -0.134. The number of nitriles is 1. The molecule has 0 fully saturated rings. The molecule has 0 aliphatic heterocycles. The molecule has 0 aromatic heterocycles. The molecule has 0 spiro atoms. The van der Waals surface area contributed by atoms with E-state index in [1.165, 1.54) is 6.08 Å². The molecule has 2 N–H and O–H groups in total. The van der Waals surface area contributed by atoms with Crippen molar-refractivity contribution in [1.29, 1.82) is 5.26 Å². The Bertz CT molecular complexity index is 220. The number of nitrogens with zero attached hydrogens (tertiary/aromatic N) is 1. The molecule has 12 heavy (non-hydrogen) atoms. The molecular weight excluding hydrogens is 162 g/mol. The van der Waals surface area contributed by atoms with Crippen LogP contribution in [0, 0.1) is 11.3 Å². The zero-order valence-electron chi connectivity index (χ0n) is 6.10. The summed E-state index contributed by atoms with van der Waals surface area (Å²) in [6.45, 7) is 3.12. The summed E-state index contributed by atoms with van der Waals surface area (Å²) >= 11 is 0. The molecule has 0 saturated heterocycles. The SMILES string of the molecule is C=CC#N.O=C(O)/C=C\C(=O)O. The molecule has 64 valence electrons. The average molecular weight is 169 g/mol. The van der Waals surface area contributed by atoms with Gasteiger partial charge in [-0.2, -0.15) is 5.26 Å². The van der Waals surface area contributed by atoms with Crippen molar-refractivity contribution in [2.75, 3.05) is 0 Å². The van der Waals surface area contributed by atoms with Gasteiger partial charge in [-0.3, -0.25) is 0 Å². The molecule has 0 aromatic carbocycles. The Kier molecular flexibility index (Phi) is 9.34. The average Bonchev–Trinajstić information content (AvgIpc) is 2.01. The number of carboxylic acid groups (broad SMARTS) is 2. The van der Waals surface area contributed by atoms with E-state index in [1.54, 1.807) is 6.07 Å². The number of carboxylic acids is 2. The second-order valence-electron chi connectivity index (χ2n) is 1.34. The minimum atomic E-state index is -1.26. The van der Waals surface area contributed by atoms with Gasteiger partial charge in [0.1, 0.15) is 0 Å². The van der Waals surface area contributed by atoms with Gasteiger partial charge in [0.2, 0.25) is 0 Å². The highest BCUT2D eigenvalue weighted by atomic mass is 16.4. The maximum Gasteiger partial charge on any atom is 0.328 e. The summed E-state index contributed by atoms with van der Waals surface area (Å²) in [4.78, 5) is 19.1. The van der Waals surface area contributed by atoms with Crippen molar-refractivity contribution in [3.05, 3.63) is 24.8 Å². The molecule has 0 aliphatic rings. The second kappa shape index (κ2) is 8.91. The molecule has 0 aliphatic carbocycles. The summed E-state index contributed by atoms with van der Waals surface area (Å²) in [5.74, 6) is -2.51. The van der Waals surface area contributed by atoms with Crippen LogP contribution in [0.3, 0.4) is 0 Å². The summed E-state index contributed by atoms with van der Waals surface area (Å²) < 4.78 is 0. The van der Waals surface area contributed by atoms with Gasteiger partial charge in [0, 0.05) is 18.2 Å². The van der Waals surface area contributed by atoms with Crippen molar-refractivity contribution >= 4 is 11.9 Å². The first-order chi connectivity index (χ1) is 5.54. The first-order valence-electron chi connectivity index (χ1n) is 2.69. The summed E-state index contributed by atoms with van der Waals surface area (Å²) in [6, 6.07) is 1.69. The monoisotopic (exact) mass is 169 g/mol. The number of carbonyl (C=O) groups is 2. The molecule has 5 heteroatoms. The Morgan fingerprint density at radius 1 is 1.25 bits per heavy atom. The highest BCUT2D eigenvalue weighted by Crippen LogP contribution is 1.70. The van der Waals surface area contributed by atoms with E-state index in [2.05, 4.69) is 6.58 Å². The molecule has 0 bridgehead atoms. The highest BCUT2D eigenvalue weighted by molar-refractivity contribution is 5.89. The fraction of sp³-hybridized carbons (Fsp3) is 0. The van der Waals surface area contributed by atoms with E-state index in [4.69, 9.17) is 15.5 Å². The topological polar surface area (TPSA) is 98.4 Å². The maximum absolute atomic E-state index is 9.55. The Morgan fingerprint density at radius 3 is 1.58 bits per heavy atom. The summed E-state index contributed by atoms with van der Waals surface area (Å²) in [7, 11) is 0. The van der Waals surface area contributed by atoms with Crippen LogP contribution in [-0.4, -0.2) is 22.2 Å². The van der Waals surface area contributed by atoms with Gasteiger partial charge in [-0.25, -0.2) is 9.59 Å². The third-order valence-electron chi connectivity index (χ3n) is 0.460. The van der Waals surface area contributed by atoms with Crippen LogP contribution in [0.4, 0.5) is 0 Å². The fourth-order valence-electron chi connectivity index (χ4n) is 0.143. The minimum Gasteiger partial charge on any atom is -0.478 e. The van der Waals surface area contributed by atoms with Crippen LogP contribution in [0.2, 0.25) is 0 Å². The molecule has 0 aromatic rings. The zero-order chi connectivity index (χ0) is 9.98. The quantitative estimate of drug-likeness (QED) is 0.460. The standard InChI is InChI=1S/C4H4O4.C3H3N/c5-3(6)1-2-4(7)8;1-2-3-4/h1-2H,(H,5,6)(H,7,8);2H,1H2/b2-1-;. The van der Waals surface area contributed by atoms with Crippen molar-refractivity contribution < 1.29 is 19.8 Å². The van der Waals surface area contributed by atoms with E-state index in [-0.39, 0.29) is 0 Å². The molecule has 0 radical (unpaired) electrons. The van der Waals surface area contributed by atoms with Crippen LogP contribution in [0.15, 0.2) is 24.8 Å². The highest BCUT2D eigenvalue weighted by Gasteiger charge is 1.88. The molecule has 0 saturated carbocycles. The fourth-order valence-corrected chi connectivity index (χ4v) is 0.143. The van der Waals surface area contributed by atoms with Gasteiger partial charge < -0.3 is 10.2 Å². The molecule has 0 atom stereocenters. The normalized spacial score (nSPS) is 7.58. The Balaban J connectivity index is 0. The summed E-state index contributed by atoms with van der Waals surface area (Å²) in [5.41, 5.74) is 0. The van der Waals surface area contributed by atoms with Crippen molar-refractivity contribution in [3.8, 4) is 6.07 Å². The van der Waals surface area contributed by atoms with Gasteiger partial charge in [0.15, 0.2) is 0 Å². The predicted octanol–water partition coefficient (Wildman–Crippen LogP) is 0.408. The smallest absolute Gasteiger partial charge is 0.328 e. The van der Waals surface area contributed by atoms with Crippen LogP contribution in [0.25, 0.3) is 0 Å². The molecule has 0 unspecified atom stereocenters. The van der Waals surface area contributed by atoms with Gasteiger partial charge in [-0.05, 0) is 0 Å². The molecule has 0 heterocycles. The van der Waals surface area contributed by atoms with Crippen LogP contribution in [0.5, 0.6) is 0 Å². The van der Waals surface area contributed by atoms with E-state index in [0.29, 0.717) is 12.2 Å². The van der Waals surface area contributed by atoms with Crippen LogP contribution < -0.4 is 0 Å². The molecule has 5 nitrogen and oxygen atoms in total. The van der Waals surface area contributed by atoms with Gasteiger partial charge in [0.25, 0.3) is 0 Å². The molecule has 0 amide bonds. The Hall–Kier alpha value is -2.09. The van der Waals surface area contributed by atoms with E-state index in [0.717, 1.165) is 0 Å². The van der Waals surface area contributed by atoms with Crippen molar-refractivity contribution in [2.45, 2.75) is 0 Å². The van der Waals surface area contributed by atoms with Crippen molar-refractivity contribution in [3.63, 3.8) is 0 Å². The summed E-state index contributed by atoms with van der Waals surface area (Å²) in [6.07, 6.45) is 2.30. The Labute approximate surface area is 68.9 Å². The number of hydrogen-bond donors (Lipinski definition) is 2. The zero-order valence-corrected chi connectivity index (χ0v) is 6.10. The second-order valence-corrected chi connectivity index (χ2v) is 1.34. The van der Waals surface area contributed by atoms with E-state index in [1.807, 2.05) is 0 Å². The molecule has 0 rings (SSSR count). The van der Waals surface area contributed by atoms with E-state index >= 15 is 0 Å². The molecular formula is C7H7NO4. The Morgan fingerprint density at radius 2 is 1.50 bits per heavy atom. The van der Waals surface area contributed by atoms with Gasteiger partial charge >= 0.3 is 11.9 Å². The first kappa shape index (κ1) is 12.6. The van der Waals surface area contributed by atoms with E-state index in [9.17, 15) is 9.59 Å². The third-order valence-corrected chi connectivity index (χ3v) is 0.460. The van der Waals surface area contributed by atoms with Crippen LogP contribution in [0.1, 0.15) is 0 Å². The lowest BCUT2D eigenvalue weighted by Crippen LogP contribution is -1.91. The van der Waals surface area contributed by atoms with Crippen molar-refractivity contribution in [2.24, 2.45) is 0 Å². The van der Waals surface area contributed by atoms with E-state index < -0.39 is 11.9 Å². The van der Waals surface area contributed by atoms with Crippen molar-refractivity contribution in [1.82, 2.24) is 0 Å². The third kappa shape index (κ3) is 24.7. The number of hydrogen-bond acceptors (Lipinski definition) is 3. The largest absolute Gasteiger partial charge is 0.478 e. The van der Waals surface area contributed by atoms with Crippen LogP contribution in [-0.2, 0) is 9.59 Å². The van der Waals surface area contributed by atoms with Gasteiger partial charge in [-0.1, -0.05) is 6.58 Å². The first-order valence-corrected chi connectivity index (χ1v) is 2.69. The number of allylic oxidation sites excluding steroid dienone is 1. The number of rotatable bonds is 2. The predicted molar refractivity (Wildman–Crippen MR) is 40.2 cm³/mol. The maximum atomic E-state index is 9.55. The lowest BCUT2D eigenvalue weighted by Gasteiger charge is -1.74. The van der Waals surface area contributed by atoms with Gasteiger partial charge in [-0.15, -0.1) is 0 Å². The minimum absolute atomic E-state index is 0.558. The lowest BCUT2D eigenvalue weighted by atomic mass is 10.5. The number of aliphatic carboxylic acids is 2. The van der Waals surface area contributed by atoms with Gasteiger partial charge in [0.05, 0.1) is 6.07 Å². The van der Waals surface area contributed by atoms with Crippen LogP contribution >= 0.6 is 0 Å². The summed E-state index contributed by atoms with van der Waals surface area (Å²) in [5, 5.41) is 23.1.